The Hall–Kier alpha value is -3.45. The Morgan fingerprint density at radius 3 is 2.11 bits per heavy atom. The van der Waals surface area contributed by atoms with Gasteiger partial charge in [0.15, 0.2) is 18.5 Å². The Balaban J connectivity index is 0.000000148. The van der Waals surface area contributed by atoms with Gasteiger partial charge in [0.1, 0.15) is 0 Å². The number of halogens is 2. The number of hydrogen-bond acceptors (Lipinski definition) is 4. The molecule has 6 nitrogen and oxygen atoms in total. The highest BCUT2D eigenvalue weighted by atomic mass is 35.5. The Bertz CT molecular complexity index is 1490. The summed E-state index contributed by atoms with van der Waals surface area (Å²) in [6, 6.07) is 17.7. The van der Waals surface area contributed by atoms with Crippen molar-refractivity contribution in [3.63, 3.8) is 0 Å². The van der Waals surface area contributed by atoms with E-state index in [1.807, 2.05) is 18.2 Å². The second-order valence-electron chi connectivity index (χ2n) is 8.83. The first-order valence-corrected chi connectivity index (χ1v) is 12.3. The molecule has 36 heavy (non-hydrogen) atoms. The number of ketones is 1. The molecular weight excluding hydrogens is 499 g/mol. The lowest BCUT2D eigenvalue weighted by Gasteiger charge is -2.13. The molecule has 2 aliphatic rings. The molecule has 6 rings (SSSR count). The number of hydrogen-bond donors (Lipinski definition) is 1. The quantitative estimate of drug-likeness (QED) is 0.273. The molecule has 1 atom stereocenters. The molecule has 1 unspecified atom stereocenters. The minimum Gasteiger partial charge on any atom is -0.618 e. The van der Waals surface area contributed by atoms with Crippen molar-refractivity contribution < 1.29 is 19.4 Å². The van der Waals surface area contributed by atoms with E-state index in [2.05, 4.69) is 0 Å². The monoisotopic (exact) mass is 520 g/mol. The SMILES string of the molecule is O=C1c2ccc(Cl)cc2CCc2ccc[n+]([O-])c21.[O-][n+]1cccc2c1C(O)c1ccc(Cl)cc1CC2. The number of aliphatic hydroxyl groups excluding tert-OH is 1. The minimum absolute atomic E-state index is 0.218. The van der Waals surface area contributed by atoms with Gasteiger partial charge in [-0.15, -0.1) is 0 Å². The Labute approximate surface area is 218 Å². The molecule has 0 radical (unpaired) electrons. The third kappa shape index (κ3) is 4.55. The fourth-order valence-electron chi connectivity index (χ4n) is 4.89. The number of carbonyl (C=O) groups is 1. The zero-order valence-electron chi connectivity index (χ0n) is 19.2. The summed E-state index contributed by atoms with van der Waals surface area (Å²) in [6.45, 7) is 0. The van der Waals surface area contributed by atoms with Gasteiger partial charge in [0.25, 0.3) is 11.5 Å². The van der Waals surface area contributed by atoms with Gasteiger partial charge in [0, 0.05) is 38.9 Å². The maximum atomic E-state index is 12.4. The molecular formula is C28H22Cl2N2O4. The summed E-state index contributed by atoms with van der Waals surface area (Å²) in [5.74, 6) is -0.218. The number of carbonyl (C=O) groups excluding carboxylic acids is 1. The van der Waals surface area contributed by atoms with Gasteiger partial charge in [0.2, 0.25) is 5.69 Å². The van der Waals surface area contributed by atoms with E-state index in [1.54, 1.807) is 42.5 Å². The predicted octanol–water partition coefficient (Wildman–Crippen LogP) is 4.46. The van der Waals surface area contributed by atoms with Crippen LogP contribution in [0.1, 0.15) is 55.7 Å². The lowest BCUT2D eigenvalue weighted by atomic mass is 10.0. The fourth-order valence-corrected chi connectivity index (χ4v) is 5.28. The average molecular weight is 521 g/mol. The van der Waals surface area contributed by atoms with Crippen molar-refractivity contribution in [3.05, 3.63) is 138 Å². The molecule has 0 saturated heterocycles. The summed E-state index contributed by atoms with van der Waals surface area (Å²) in [5.41, 5.74) is 5.62. The van der Waals surface area contributed by atoms with Crippen LogP contribution in [0.2, 0.25) is 10.0 Å². The number of benzene rings is 2. The Morgan fingerprint density at radius 1 is 0.750 bits per heavy atom. The van der Waals surface area contributed by atoms with E-state index in [0.717, 1.165) is 51.8 Å². The first kappa shape index (κ1) is 24.3. The summed E-state index contributed by atoms with van der Waals surface area (Å²) < 4.78 is 1.41. The third-order valence-corrected chi connectivity index (χ3v) is 7.11. The standard InChI is InChI=1S/C14H12ClNO2.C14H10ClNO2/c2*15-11-5-6-12-10(8-11)4-3-9-2-1-7-16(18)13(9)14(12)17/h1-2,5-8,14,17H,3-4H2;1-2,5-8H,3-4H2. The van der Waals surface area contributed by atoms with Crippen molar-refractivity contribution in [2.24, 2.45) is 0 Å². The number of rotatable bonds is 0. The summed E-state index contributed by atoms with van der Waals surface area (Å²) in [5, 5.41) is 35.3. The van der Waals surface area contributed by atoms with Gasteiger partial charge in [-0.3, -0.25) is 4.79 Å². The molecule has 0 amide bonds. The van der Waals surface area contributed by atoms with Crippen LogP contribution in [0.3, 0.4) is 0 Å². The fraction of sp³-hybridized carbons (Fsp3) is 0.179. The van der Waals surface area contributed by atoms with Gasteiger partial charge in [-0.25, -0.2) is 0 Å². The molecule has 1 N–H and O–H groups in total. The molecule has 0 spiro atoms. The van der Waals surface area contributed by atoms with Gasteiger partial charge in [-0.1, -0.05) is 29.3 Å². The highest BCUT2D eigenvalue weighted by Crippen LogP contribution is 2.31. The van der Waals surface area contributed by atoms with Crippen molar-refractivity contribution in [2.75, 3.05) is 0 Å². The molecule has 2 heterocycles. The second kappa shape index (κ2) is 9.90. The summed E-state index contributed by atoms with van der Waals surface area (Å²) in [4.78, 5) is 12.4. The zero-order chi connectivity index (χ0) is 25.4. The van der Waals surface area contributed by atoms with Crippen LogP contribution in [-0.4, -0.2) is 10.9 Å². The third-order valence-electron chi connectivity index (χ3n) is 6.64. The first-order valence-electron chi connectivity index (χ1n) is 11.5. The molecule has 0 bridgehead atoms. The van der Waals surface area contributed by atoms with E-state index < -0.39 is 6.10 Å². The molecule has 182 valence electrons. The van der Waals surface area contributed by atoms with E-state index in [0.29, 0.717) is 32.5 Å². The van der Waals surface area contributed by atoms with Crippen molar-refractivity contribution in [2.45, 2.75) is 31.8 Å². The van der Waals surface area contributed by atoms with E-state index in [-0.39, 0.29) is 11.5 Å². The summed E-state index contributed by atoms with van der Waals surface area (Å²) in [6.07, 6.45) is 4.82. The Kier molecular flexibility index (Phi) is 6.67. The van der Waals surface area contributed by atoms with Crippen LogP contribution >= 0.6 is 23.2 Å². The van der Waals surface area contributed by atoms with Crippen LogP contribution in [0, 0.1) is 10.4 Å². The number of aliphatic hydroxyl groups is 1. The summed E-state index contributed by atoms with van der Waals surface area (Å²) in [7, 11) is 0. The maximum absolute atomic E-state index is 12.4. The van der Waals surface area contributed by atoms with Gasteiger partial charge in [-0.05, 0) is 84.8 Å². The largest absolute Gasteiger partial charge is 0.618 e. The minimum atomic E-state index is -0.881. The maximum Gasteiger partial charge on any atom is 0.268 e. The van der Waals surface area contributed by atoms with Gasteiger partial charge in [-0.2, -0.15) is 9.46 Å². The van der Waals surface area contributed by atoms with Gasteiger partial charge < -0.3 is 15.5 Å². The average Bonchev–Trinajstić information content (AvgIpc) is 3.09. The van der Waals surface area contributed by atoms with Crippen LogP contribution in [0.25, 0.3) is 0 Å². The topological polar surface area (TPSA) is 91.2 Å². The van der Waals surface area contributed by atoms with Crippen molar-refractivity contribution in [1.82, 2.24) is 0 Å². The van der Waals surface area contributed by atoms with Gasteiger partial charge >= 0.3 is 0 Å². The van der Waals surface area contributed by atoms with Crippen molar-refractivity contribution in [1.29, 1.82) is 0 Å². The van der Waals surface area contributed by atoms with Crippen LogP contribution in [0.4, 0.5) is 0 Å². The second-order valence-corrected chi connectivity index (χ2v) is 9.70. The number of fused-ring (bicyclic) bond motifs is 4. The highest BCUT2D eigenvalue weighted by Gasteiger charge is 2.29. The lowest BCUT2D eigenvalue weighted by Crippen LogP contribution is -2.35. The highest BCUT2D eigenvalue weighted by molar-refractivity contribution is 6.31. The molecule has 2 aromatic heterocycles. The van der Waals surface area contributed by atoms with Crippen molar-refractivity contribution >= 4 is 29.0 Å². The molecule has 0 aliphatic heterocycles. The van der Waals surface area contributed by atoms with E-state index in [1.165, 1.54) is 12.4 Å². The van der Waals surface area contributed by atoms with E-state index >= 15 is 0 Å². The predicted molar refractivity (Wildman–Crippen MR) is 136 cm³/mol. The van der Waals surface area contributed by atoms with Crippen LogP contribution in [0.15, 0.2) is 73.1 Å². The van der Waals surface area contributed by atoms with Crippen LogP contribution < -0.4 is 9.46 Å². The number of pyridine rings is 2. The first-order chi connectivity index (χ1) is 17.3. The summed E-state index contributed by atoms with van der Waals surface area (Å²) >= 11 is 11.9. The number of nitrogens with zero attached hydrogens (tertiary/aromatic N) is 2. The van der Waals surface area contributed by atoms with Crippen LogP contribution in [0.5, 0.6) is 0 Å². The smallest absolute Gasteiger partial charge is 0.268 e. The van der Waals surface area contributed by atoms with E-state index in [9.17, 15) is 20.3 Å². The number of aryl methyl sites for hydroxylation is 4. The molecule has 8 heteroatoms. The van der Waals surface area contributed by atoms with Gasteiger partial charge in [0.05, 0.1) is 0 Å². The molecule has 2 aromatic carbocycles. The molecule has 2 aliphatic carbocycles. The van der Waals surface area contributed by atoms with Crippen LogP contribution in [-0.2, 0) is 25.7 Å². The number of aromatic nitrogens is 2. The Morgan fingerprint density at radius 2 is 1.33 bits per heavy atom. The lowest BCUT2D eigenvalue weighted by molar-refractivity contribution is -0.618. The zero-order valence-corrected chi connectivity index (χ0v) is 20.7. The molecule has 0 saturated carbocycles. The molecule has 0 fully saturated rings. The van der Waals surface area contributed by atoms with Crippen molar-refractivity contribution in [3.8, 4) is 0 Å². The van der Waals surface area contributed by atoms with E-state index in [4.69, 9.17) is 23.2 Å². The normalized spacial score (nSPS) is 15.8. The molecule has 4 aromatic rings.